The summed E-state index contributed by atoms with van der Waals surface area (Å²) in [6, 6.07) is 5.81. The van der Waals surface area contributed by atoms with Crippen molar-refractivity contribution in [3.05, 3.63) is 38.3 Å². The standard InChI is InChI=1S/C25H26N2O7S2/c1-33-13-6-5-10(8-14(13)34-2)16-17-11-9-12(20(17)35-22-21(16)36-25(32)26-22)19-18(11)23(30)27(24(19)31)7-3-4-15(28)29/h5-6,8,11-12,16-20H,3-4,7,9H2,1-2H3,(H,26,32)(H,28,29)/t11-,12+,16-,17+,18+,19+,20-/m0/s1. The smallest absolute Gasteiger partial charge is 0.305 e. The van der Waals surface area contributed by atoms with Gasteiger partial charge < -0.3 is 19.6 Å². The first-order valence-electron chi connectivity index (χ1n) is 12.0. The number of ether oxygens (including phenoxy) is 2. The summed E-state index contributed by atoms with van der Waals surface area (Å²) in [7, 11) is 3.17. The number of aromatic nitrogens is 1. The van der Waals surface area contributed by atoms with Crippen molar-refractivity contribution in [1.82, 2.24) is 9.88 Å². The van der Waals surface area contributed by atoms with Gasteiger partial charge in [0.2, 0.25) is 11.8 Å². The highest BCUT2D eigenvalue weighted by atomic mass is 32.2. The van der Waals surface area contributed by atoms with Gasteiger partial charge in [0, 0.05) is 29.0 Å². The number of imide groups is 1. The van der Waals surface area contributed by atoms with Crippen molar-refractivity contribution < 1.29 is 29.0 Å². The number of hydrogen-bond donors (Lipinski definition) is 2. The number of carbonyl (C=O) groups is 3. The number of hydrogen-bond acceptors (Lipinski definition) is 8. The predicted molar refractivity (Wildman–Crippen MR) is 132 cm³/mol. The van der Waals surface area contributed by atoms with Crippen LogP contribution in [0.2, 0.25) is 0 Å². The van der Waals surface area contributed by atoms with Gasteiger partial charge in [-0.2, -0.15) is 0 Å². The third kappa shape index (κ3) is 3.35. The SMILES string of the molecule is COc1ccc([C@@H]2c3sc(=O)[nH]c3S[C@H]3[C@@H]4C[C@H]([C@H]5C(=O)N(CCCC(=O)O)C(=O)[C@H]45)[C@H]23)cc1OC. The van der Waals surface area contributed by atoms with E-state index in [1.165, 1.54) is 16.2 Å². The molecule has 2 saturated carbocycles. The summed E-state index contributed by atoms with van der Waals surface area (Å²) in [5.41, 5.74) is 0.999. The number of carboxylic acid groups (broad SMARTS) is 1. The molecule has 2 amide bonds. The summed E-state index contributed by atoms with van der Waals surface area (Å²) in [6.45, 7) is 0.151. The Hall–Kier alpha value is -2.79. The molecule has 1 aromatic heterocycles. The number of carboxylic acids is 1. The first-order chi connectivity index (χ1) is 17.3. The van der Waals surface area contributed by atoms with Crippen molar-refractivity contribution in [1.29, 1.82) is 0 Å². The van der Waals surface area contributed by atoms with Gasteiger partial charge >= 0.3 is 10.8 Å². The highest BCUT2D eigenvalue weighted by molar-refractivity contribution is 8.00. The Morgan fingerprint density at radius 3 is 2.53 bits per heavy atom. The first-order valence-corrected chi connectivity index (χ1v) is 13.7. The van der Waals surface area contributed by atoms with Crippen LogP contribution < -0.4 is 14.3 Å². The number of thiazole rings is 1. The highest BCUT2D eigenvalue weighted by Gasteiger charge is 2.69. The second-order valence-corrected chi connectivity index (χ2v) is 12.1. The largest absolute Gasteiger partial charge is 0.493 e. The normalized spacial score (nSPS) is 31.8. The van der Waals surface area contributed by atoms with Crippen molar-refractivity contribution in [3.63, 3.8) is 0 Å². The number of likely N-dealkylation sites (tertiary alicyclic amines) is 1. The van der Waals surface area contributed by atoms with Gasteiger partial charge in [-0.25, -0.2) is 0 Å². The number of carbonyl (C=O) groups excluding carboxylic acids is 2. The van der Waals surface area contributed by atoms with Crippen LogP contribution in [-0.2, 0) is 14.4 Å². The number of aromatic amines is 1. The van der Waals surface area contributed by atoms with E-state index in [1.807, 2.05) is 18.2 Å². The van der Waals surface area contributed by atoms with E-state index >= 15 is 0 Å². The average molecular weight is 531 g/mol. The number of nitrogens with zero attached hydrogens (tertiary/aromatic N) is 1. The average Bonchev–Trinajstić information content (AvgIpc) is 3.58. The summed E-state index contributed by atoms with van der Waals surface area (Å²) >= 11 is 2.85. The van der Waals surface area contributed by atoms with Crippen molar-refractivity contribution >= 4 is 40.9 Å². The van der Waals surface area contributed by atoms with Gasteiger partial charge in [-0.05, 0) is 48.3 Å². The minimum Gasteiger partial charge on any atom is -0.493 e. The van der Waals surface area contributed by atoms with Crippen LogP contribution in [0.15, 0.2) is 28.0 Å². The Kier molecular flexibility index (Phi) is 5.67. The first kappa shape index (κ1) is 23.6. The van der Waals surface area contributed by atoms with Crippen LogP contribution in [0, 0.1) is 29.6 Å². The molecule has 6 rings (SSSR count). The number of fused-ring (bicyclic) bond motifs is 9. The molecule has 3 heterocycles. The Morgan fingerprint density at radius 1 is 1.11 bits per heavy atom. The molecule has 0 radical (unpaired) electrons. The molecule has 1 aromatic carbocycles. The monoisotopic (exact) mass is 530 g/mol. The molecule has 2 aromatic rings. The van der Waals surface area contributed by atoms with E-state index in [0.717, 1.165) is 21.9 Å². The van der Waals surface area contributed by atoms with Gasteiger partial charge in [0.05, 0.1) is 31.1 Å². The van der Waals surface area contributed by atoms with E-state index in [9.17, 15) is 19.2 Å². The van der Waals surface area contributed by atoms with Crippen LogP contribution in [0.5, 0.6) is 11.5 Å². The Bertz CT molecular complexity index is 1320. The maximum atomic E-state index is 13.5. The third-order valence-corrected chi connectivity index (χ3v) is 10.9. The Balaban J connectivity index is 1.38. The molecular formula is C25H26N2O7S2. The molecule has 2 aliphatic heterocycles. The maximum Gasteiger partial charge on any atom is 0.305 e. The second kappa shape index (κ2) is 8.65. The minimum atomic E-state index is -0.935. The van der Waals surface area contributed by atoms with Crippen LogP contribution in [0.4, 0.5) is 0 Å². The van der Waals surface area contributed by atoms with Gasteiger partial charge in [0.25, 0.3) is 0 Å². The van der Waals surface area contributed by atoms with Crippen molar-refractivity contribution in [2.45, 2.75) is 35.5 Å². The van der Waals surface area contributed by atoms with Crippen LogP contribution in [0.3, 0.4) is 0 Å². The fourth-order valence-electron chi connectivity index (χ4n) is 7.11. The molecule has 9 nitrogen and oxygen atoms in total. The molecule has 3 fully saturated rings. The van der Waals surface area contributed by atoms with Crippen molar-refractivity contribution in [3.8, 4) is 11.5 Å². The molecule has 7 atom stereocenters. The lowest BCUT2D eigenvalue weighted by Crippen LogP contribution is -2.42. The van der Waals surface area contributed by atoms with E-state index in [0.29, 0.717) is 11.5 Å². The van der Waals surface area contributed by atoms with Crippen LogP contribution in [0.25, 0.3) is 0 Å². The maximum absolute atomic E-state index is 13.5. The fraction of sp³-hybridized carbons (Fsp3) is 0.520. The Morgan fingerprint density at radius 2 is 1.83 bits per heavy atom. The lowest BCUT2D eigenvalue weighted by atomic mass is 9.68. The van der Waals surface area contributed by atoms with E-state index < -0.39 is 5.97 Å². The van der Waals surface area contributed by atoms with E-state index in [1.54, 1.807) is 26.0 Å². The third-order valence-electron chi connectivity index (χ3n) is 8.35. The quantitative estimate of drug-likeness (QED) is 0.524. The molecular weight excluding hydrogens is 504 g/mol. The predicted octanol–water partition coefficient (Wildman–Crippen LogP) is 2.79. The molecule has 2 N–H and O–H groups in total. The number of H-pyrrole nitrogens is 1. The van der Waals surface area contributed by atoms with E-state index in [-0.39, 0.29) is 76.8 Å². The van der Waals surface area contributed by atoms with Gasteiger partial charge in [-0.3, -0.25) is 24.1 Å². The number of thioether (sulfide) groups is 1. The van der Waals surface area contributed by atoms with Gasteiger partial charge in [-0.15, -0.1) is 11.8 Å². The van der Waals surface area contributed by atoms with E-state index in [2.05, 4.69) is 4.98 Å². The number of rotatable bonds is 7. The highest BCUT2D eigenvalue weighted by Crippen LogP contribution is 2.68. The molecule has 4 aliphatic rings. The number of aliphatic carboxylic acids is 1. The molecule has 11 heteroatoms. The van der Waals surface area contributed by atoms with Crippen LogP contribution >= 0.6 is 23.1 Å². The molecule has 0 unspecified atom stereocenters. The summed E-state index contributed by atoms with van der Waals surface area (Å²) in [6.07, 6.45) is 0.992. The summed E-state index contributed by atoms with van der Waals surface area (Å²) in [5, 5.41) is 9.93. The summed E-state index contributed by atoms with van der Waals surface area (Å²) < 4.78 is 11.0. The molecule has 2 aliphatic carbocycles. The lowest BCUT2D eigenvalue weighted by Gasteiger charge is -2.43. The van der Waals surface area contributed by atoms with E-state index in [4.69, 9.17) is 14.6 Å². The number of benzene rings is 1. The zero-order valence-corrected chi connectivity index (χ0v) is 21.4. The van der Waals surface area contributed by atoms with Crippen molar-refractivity contribution in [2.24, 2.45) is 29.6 Å². The lowest BCUT2D eigenvalue weighted by molar-refractivity contribution is -0.142. The summed E-state index contributed by atoms with van der Waals surface area (Å²) in [4.78, 5) is 55.3. The number of amides is 2. The van der Waals surface area contributed by atoms with Crippen LogP contribution in [0.1, 0.15) is 35.6 Å². The minimum absolute atomic E-state index is 0.0156. The number of nitrogens with one attached hydrogen (secondary N) is 1. The Labute approximate surface area is 215 Å². The molecule has 36 heavy (non-hydrogen) atoms. The molecule has 1 saturated heterocycles. The molecule has 2 bridgehead atoms. The molecule has 0 spiro atoms. The molecule has 190 valence electrons. The van der Waals surface area contributed by atoms with Crippen molar-refractivity contribution in [2.75, 3.05) is 20.8 Å². The van der Waals surface area contributed by atoms with Crippen LogP contribution in [-0.4, -0.2) is 58.8 Å². The zero-order chi connectivity index (χ0) is 25.3. The fourth-order valence-corrected chi connectivity index (χ4v) is 10.00. The van der Waals surface area contributed by atoms with Gasteiger partial charge in [0.15, 0.2) is 11.5 Å². The van der Waals surface area contributed by atoms with Gasteiger partial charge in [-0.1, -0.05) is 17.4 Å². The zero-order valence-electron chi connectivity index (χ0n) is 19.8. The second-order valence-electron chi connectivity index (χ2n) is 9.90. The van der Waals surface area contributed by atoms with Gasteiger partial charge in [0.1, 0.15) is 0 Å². The number of methoxy groups -OCH3 is 2. The summed E-state index contributed by atoms with van der Waals surface area (Å²) in [5.74, 6) is -0.734. The topological polar surface area (TPSA) is 126 Å².